The fraction of sp³-hybridized carbons (Fsp3) is 0.308. The van der Waals surface area contributed by atoms with E-state index in [0.29, 0.717) is 30.1 Å². The topological polar surface area (TPSA) is 33.2 Å². The molecule has 0 radical (unpaired) electrons. The first-order valence-corrected chi connectivity index (χ1v) is 8.28. The summed E-state index contributed by atoms with van der Waals surface area (Å²) in [6, 6.07) is 6.81. The molecule has 2 heterocycles. The molecule has 0 saturated carbocycles. The van der Waals surface area contributed by atoms with Crippen LogP contribution < -0.4 is 4.90 Å². The van der Waals surface area contributed by atoms with Gasteiger partial charge in [0.25, 0.3) is 0 Å². The van der Waals surface area contributed by atoms with E-state index in [-0.39, 0.29) is 5.82 Å². The van der Waals surface area contributed by atoms with Crippen LogP contribution in [0, 0.1) is 5.82 Å². The van der Waals surface area contributed by atoms with E-state index in [1.54, 1.807) is 6.07 Å². The predicted molar refractivity (Wildman–Crippen MR) is 79.5 cm³/mol. The normalized spacial score (nSPS) is 17.1. The second-order valence-corrected chi connectivity index (χ2v) is 6.99. The van der Waals surface area contributed by atoms with Crippen LogP contribution in [0.4, 0.5) is 10.2 Å². The number of rotatable bonds is 1. The van der Waals surface area contributed by atoms with Crippen LogP contribution in [-0.4, -0.2) is 33.8 Å². The zero-order chi connectivity index (χ0) is 13.4. The highest BCUT2D eigenvalue weighted by Crippen LogP contribution is 2.29. The van der Waals surface area contributed by atoms with Crippen LogP contribution in [0.15, 0.2) is 28.7 Å². The third-order valence-corrected chi connectivity index (χ3v) is 5.07. The number of aromatic nitrogens is 1. The minimum Gasteiger partial charge on any atom is -0.354 e. The van der Waals surface area contributed by atoms with Crippen LogP contribution in [0.3, 0.4) is 0 Å². The van der Waals surface area contributed by atoms with Crippen molar-refractivity contribution in [2.45, 2.75) is 0 Å². The maximum absolute atomic E-state index is 13.8. The summed E-state index contributed by atoms with van der Waals surface area (Å²) < 4.78 is 26.0. The maximum Gasteiger partial charge on any atom is 0.149 e. The van der Waals surface area contributed by atoms with E-state index in [1.807, 2.05) is 12.1 Å². The Morgan fingerprint density at radius 1 is 1.32 bits per heavy atom. The number of nitrogens with zero attached hydrogens (tertiary/aromatic N) is 2. The number of hydrogen-bond acceptors (Lipinski definition) is 3. The molecule has 2 aromatic rings. The minimum atomic E-state index is -0.732. The first-order valence-electron chi connectivity index (χ1n) is 6.00. The highest BCUT2D eigenvalue weighted by molar-refractivity contribution is 9.10. The van der Waals surface area contributed by atoms with Crippen molar-refractivity contribution in [3.8, 4) is 0 Å². The zero-order valence-corrected chi connectivity index (χ0v) is 12.5. The maximum atomic E-state index is 13.8. The van der Waals surface area contributed by atoms with Crippen molar-refractivity contribution in [3.05, 3.63) is 34.6 Å². The van der Waals surface area contributed by atoms with Gasteiger partial charge in [0.05, 0.1) is 4.47 Å². The summed E-state index contributed by atoms with van der Waals surface area (Å²) in [5.74, 6) is 1.70. The average molecular weight is 343 g/mol. The van der Waals surface area contributed by atoms with E-state index >= 15 is 0 Å². The van der Waals surface area contributed by atoms with Crippen LogP contribution in [0.5, 0.6) is 0 Å². The van der Waals surface area contributed by atoms with E-state index in [4.69, 9.17) is 0 Å². The van der Waals surface area contributed by atoms with Crippen molar-refractivity contribution in [1.82, 2.24) is 4.98 Å². The lowest BCUT2D eigenvalue weighted by atomic mass is 10.2. The molecule has 1 fully saturated rings. The first kappa shape index (κ1) is 13.0. The lowest BCUT2D eigenvalue weighted by Crippen LogP contribution is -2.38. The number of pyridine rings is 1. The molecule has 100 valence electrons. The average Bonchev–Trinajstić information content (AvgIpc) is 2.40. The van der Waals surface area contributed by atoms with E-state index < -0.39 is 10.8 Å². The second-order valence-electron chi connectivity index (χ2n) is 4.44. The summed E-state index contributed by atoms with van der Waals surface area (Å²) in [6.07, 6.45) is 0. The van der Waals surface area contributed by atoms with Crippen LogP contribution in [-0.2, 0) is 10.8 Å². The fourth-order valence-corrected chi connectivity index (χ4v) is 3.84. The van der Waals surface area contributed by atoms with Crippen molar-refractivity contribution in [2.24, 2.45) is 0 Å². The van der Waals surface area contributed by atoms with Gasteiger partial charge in [-0.3, -0.25) is 4.21 Å². The second kappa shape index (κ2) is 5.17. The van der Waals surface area contributed by atoms with Crippen molar-refractivity contribution >= 4 is 43.5 Å². The Morgan fingerprint density at radius 3 is 2.79 bits per heavy atom. The molecule has 0 atom stereocenters. The highest BCUT2D eigenvalue weighted by atomic mass is 79.9. The highest BCUT2D eigenvalue weighted by Gasteiger charge is 2.19. The number of anilines is 1. The Bertz CT molecular complexity index is 654. The standard InChI is InChI=1S/C13H12BrFN2OS/c14-10-8-9-2-1-3-11(15)12(9)16-13(10)17-4-6-19(18)7-5-17/h1-3,8H,4-7H2. The van der Waals surface area contributed by atoms with Crippen molar-refractivity contribution in [1.29, 1.82) is 0 Å². The number of benzene rings is 1. The fourth-order valence-electron chi connectivity index (χ4n) is 2.20. The molecular formula is C13H12BrFN2OS. The molecule has 1 aliphatic heterocycles. The Balaban J connectivity index is 2.06. The zero-order valence-electron chi connectivity index (χ0n) is 10.1. The Kier molecular flexibility index (Phi) is 3.54. The van der Waals surface area contributed by atoms with Crippen molar-refractivity contribution in [2.75, 3.05) is 29.5 Å². The van der Waals surface area contributed by atoms with Gasteiger partial charge >= 0.3 is 0 Å². The SMILES string of the molecule is O=S1CCN(c2nc3c(F)cccc3cc2Br)CC1. The van der Waals surface area contributed by atoms with Crippen LogP contribution in [0.1, 0.15) is 0 Å². The minimum absolute atomic E-state index is 0.313. The molecule has 19 heavy (non-hydrogen) atoms. The Labute approximate surface area is 121 Å². The van der Waals surface area contributed by atoms with Gasteiger partial charge in [-0.25, -0.2) is 9.37 Å². The van der Waals surface area contributed by atoms with Crippen LogP contribution in [0.25, 0.3) is 10.9 Å². The lowest BCUT2D eigenvalue weighted by Gasteiger charge is -2.28. The molecule has 3 nitrogen and oxygen atoms in total. The van der Waals surface area contributed by atoms with E-state index in [9.17, 15) is 8.60 Å². The molecule has 0 spiro atoms. The van der Waals surface area contributed by atoms with Crippen LogP contribution in [0.2, 0.25) is 0 Å². The summed E-state index contributed by atoms with van der Waals surface area (Å²) in [5.41, 5.74) is 0.382. The molecule has 1 aromatic carbocycles. The molecule has 0 bridgehead atoms. The van der Waals surface area contributed by atoms with Gasteiger partial charge in [0.15, 0.2) is 0 Å². The summed E-state index contributed by atoms with van der Waals surface area (Å²) in [5, 5.41) is 0.774. The molecule has 0 amide bonds. The van der Waals surface area contributed by atoms with E-state index in [2.05, 4.69) is 25.8 Å². The van der Waals surface area contributed by atoms with Crippen molar-refractivity contribution < 1.29 is 8.60 Å². The van der Waals surface area contributed by atoms with E-state index in [1.165, 1.54) is 6.07 Å². The first-order chi connectivity index (χ1) is 9.15. The van der Waals surface area contributed by atoms with Gasteiger partial charge in [-0.2, -0.15) is 0 Å². The van der Waals surface area contributed by atoms with Gasteiger partial charge in [-0.15, -0.1) is 0 Å². The summed E-state index contributed by atoms with van der Waals surface area (Å²) >= 11 is 3.49. The smallest absolute Gasteiger partial charge is 0.149 e. The lowest BCUT2D eigenvalue weighted by molar-refractivity contribution is 0.636. The van der Waals surface area contributed by atoms with Gasteiger partial charge in [0, 0.05) is 40.8 Å². The monoisotopic (exact) mass is 342 g/mol. The van der Waals surface area contributed by atoms with Crippen LogP contribution >= 0.6 is 15.9 Å². The predicted octanol–water partition coefficient (Wildman–Crippen LogP) is 2.71. The molecule has 1 saturated heterocycles. The largest absolute Gasteiger partial charge is 0.354 e. The molecule has 0 N–H and O–H groups in total. The van der Waals surface area contributed by atoms with Crippen molar-refractivity contribution in [3.63, 3.8) is 0 Å². The third-order valence-electron chi connectivity index (χ3n) is 3.21. The molecule has 0 unspecified atom stereocenters. The molecule has 1 aromatic heterocycles. The molecule has 1 aliphatic rings. The molecular weight excluding hydrogens is 331 g/mol. The molecule has 6 heteroatoms. The third kappa shape index (κ3) is 2.51. The Hall–Kier alpha value is -1.01. The van der Waals surface area contributed by atoms with Gasteiger partial charge in [-0.1, -0.05) is 12.1 Å². The van der Waals surface area contributed by atoms with Gasteiger partial charge in [0.2, 0.25) is 0 Å². The number of para-hydroxylation sites is 1. The van der Waals surface area contributed by atoms with Gasteiger partial charge in [0.1, 0.15) is 17.2 Å². The number of fused-ring (bicyclic) bond motifs is 1. The summed E-state index contributed by atoms with van der Waals surface area (Å²) in [4.78, 5) is 6.48. The van der Waals surface area contributed by atoms with Gasteiger partial charge in [-0.05, 0) is 28.1 Å². The van der Waals surface area contributed by atoms with E-state index in [0.717, 1.165) is 15.7 Å². The summed E-state index contributed by atoms with van der Waals surface area (Å²) in [6.45, 7) is 1.39. The molecule has 0 aliphatic carbocycles. The Morgan fingerprint density at radius 2 is 2.05 bits per heavy atom. The molecule has 3 rings (SSSR count). The number of hydrogen-bond donors (Lipinski definition) is 0. The van der Waals surface area contributed by atoms with Gasteiger partial charge < -0.3 is 4.90 Å². The summed E-state index contributed by atoms with van der Waals surface area (Å²) in [7, 11) is -0.732. The quantitative estimate of drug-likeness (QED) is 0.798. The number of halogens is 2.